The third-order valence-electron chi connectivity index (χ3n) is 10.6. The standard InChI is InChI=1S/C29H44O6/c1-17(2)7-6-8-18(3)21-9-10-22-23-13-24(34-19(4)31)28(33)14-20(32)11-12-27(28,16-30)29(23)25(35-29)15-26(21,22)5/h6,8,13,17-18,20-22,24-25,30,32-33H,7,9-12,14-16H2,1-5H3. The highest BCUT2D eigenvalue weighted by molar-refractivity contribution is 5.67. The largest absolute Gasteiger partial charge is 0.455 e. The van der Waals surface area contributed by atoms with E-state index < -0.39 is 34.8 Å². The molecule has 35 heavy (non-hydrogen) atoms. The van der Waals surface area contributed by atoms with E-state index in [9.17, 15) is 20.1 Å². The van der Waals surface area contributed by atoms with E-state index in [2.05, 4.69) is 39.8 Å². The van der Waals surface area contributed by atoms with Crippen molar-refractivity contribution in [1.82, 2.24) is 0 Å². The lowest BCUT2D eigenvalue weighted by atomic mass is 9.44. The molecule has 6 heteroatoms. The molecule has 0 aromatic carbocycles. The van der Waals surface area contributed by atoms with Gasteiger partial charge in [-0.2, -0.15) is 0 Å². The van der Waals surface area contributed by atoms with Crippen LogP contribution in [0.1, 0.15) is 79.6 Å². The van der Waals surface area contributed by atoms with Crippen molar-refractivity contribution in [3.63, 3.8) is 0 Å². The Hall–Kier alpha value is -1.21. The van der Waals surface area contributed by atoms with Crippen molar-refractivity contribution in [1.29, 1.82) is 0 Å². The fourth-order valence-corrected chi connectivity index (χ4v) is 8.98. The van der Waals surface area contributed by atoms with Crippen LogP contribution in [-0.4, -0.2) is 57.4 Å². The van der Waals surface area contributed by atoms with Crippen LogP contribution in [0.3, 0.4) is 0 Å². The molecule has 5 rings (SSSR count). The number of carbonyl (C=O) groups excluding carboxylic acids is 1. The highest BCUT2D eigenvalue weighted by Crippen LogP contribution is 2.76. The van der Waals surface area contributed by atoms with E-state index >= 15 is 0 Å². The van der Waals surface area contributed by atoms with Gasteiger partial charge in [0.25, 0.3) is 0 Å². The molecule has 10 unspecified atom stereocenters. The summed E-state index contributed by atoms with van der Waals surface area (Å²) in [6, 6.07) is 0. The van der Waals surface area contributed by atoms with Gasteiger partial charge in [-0.3, -0.25) is 4.79 Å². The first kappa shape index (κ1) is 25.4. The molecule has 3 N–H and O–H groups in total. The number of aliphatic hydroxyl groups is 3. The minimum absolute atomic E-state index is 0.0408. The molecule has 1 saturated heterocycles. The Morgan fingerprint density at radius 3 is 2.66 bits per heavy atom. The van der Waals surface area contributed by atoms with Gasteiger partial charge in [0.15, 0.2) is 0 Å². The average molecular weight is 489 g/mol. The van der Waals surface area contributed by atoms with Crippen molar-refractivity contribution in [2.24, 2.45) is 34.5 Å². The summed E-state index contributed by atoms with van der Waals surface area (Å²) in [5.74, 6) is 1.41. The first-order valence-electron chi connectivity index (χ1n) is 13.7. The summed E-state index contributed by atoms with van der Waals surface area (Å²) in [5, 5.41) is 33.5. The van der Waals surface area contributed by atoms with Gasteiger partial charge in [0.05, 0.1) is 24.2 Å². The molecule has 3 saturated carbocycles. The van der Waals surface area contributed by atoms with E-state index in [1.807, 2.05) is 6.08 Å². The highest BCUT2D eigenvalue weighted by Gasteiger charge is 2.83. The zero-order valence-corrected chi connectivity index (χ0v) is 22.0. The smallest absolute Gasteiger partial charge is 0.303 e. The molecule has 196 valence electrons. The van der Waals surface area contributed by atoms with Gasteiger partial charge in [-0.25, -0.2) is 0 Å². The van der Waals surface area contributed by atoms with E-state index in [0.717, 1.165) is 31.3 Å². The number of fused-ring (bicyclic) bond motifs is 3. The van der Waals surface area contributed by atoms with Gasteiger partial charge in [-0.1, -0.05) is 39.8 Å². The summed E-state index contributed by atoms with van der Waals surface area (Å²) in [6.07, 6.45) is 10.1. The number of hydrogen-bond acceptors (Lipinski definition) is 6. The molecule has 1 aliphatic heterocycles. The first-order chi connectivity index (χ1) is 16.4. The Labute approximate surface area is 209 Å². The number of esters is 1. The van der Waals surface area contributed by atoms with Gasteiger partial charge in [-0.15, -0.1) is 0 Å². The number of hydrogen-bond donors (Lipinski definition) is 3. The van der Waals surface area contributed by atoms with Crippen LogP contribution in [-0.2, 0) is 14.3 Å². The molecule has 0 amide bonds. The maximum atomic E-state index is 12.1. The molecule has 0 radical (unpaired) electrons. The SMILES string of the molecule is CC(=O)OC1C=C2C3CCC(C(C)C=CCC(C)C)C3(C)CC3OC23C2(CO)CCC(O)CC12O. The Kier molecular flexibility index (Phi) is 6.11. The third-order valence-corrected chi connectivity index (χ3v) is 10.6. The predicted octanol–water partition coefficient (Wildman–Crippen LogP) is 3.92. The molecular weight excluding hydrogens is 444 g/mol. The molecule has 10 atom stereocenters. The minimum atomic E-state index is -1.57. The van der Waals surface area contributed by atoms with Gasteiger partial charge < -0.3 is 24.8 Å². The molecule has 0 aromatic heterocycles. The Morgan fingerprint density at radius 1 is 1.26 bits per heavy atom. The van der Waals surface area contributed by atoms with Crippen molar-refractivity contribution in [3.8, 4) is 0 Å². The average Bonchev–Trinajstić information content (AvgIpc) is 3.37. The molecule has 1 heterocycles. The minimum Gasteiger partial charge on any atom is -0.455 e. The van der Waals surface area contributed by atoms with E-state index in [1.165, 1.54) is 6.92 Å². The fraction of sp³-hybridized carbons (Fsp3) is 0.828. The van der Waals surface area contributed by atoms with Crippen LogP contribution in [0.4, 0.5) is 0 Å². The van der Waals surface area contributed by atoms with Crippen LogP contribution in [0, 0.1) is 34.5 Å². The molecular formula is C29H44O6. The number of aliphatic hydroxyl groups excluding tert-OH is 2. The van der Waals surface area contributed by atoms with Crippen LogP contribution in [0.5, 0.6) is 0 Å². The van der Waals surface area contributed by atoms with E-state index in [1.54, 1.807) is 0 Å². The van der Waals surface area contributed by atoms with Crippen LogP contribution in [0.2, 0.25) is 0 Å². The van der Waals surface area contributed by atoms with Crippen molar-refractivity contribution < 1.29 is 29.6 Å². The Morgan fingerprint density at radius 2 is 2.00 bits per heavy atom. The first-order valence-corrected chi connectivity index (χ1v) is 13.7. The zero-order valence-electron chi connectivity index (χ0n) is 22.0. The van der Waals surface area contributed by atoms with Crippen LogP contribution >= 0.6 is 0 Å². The van der Waals surface area contributed by atoms with Crippen molar-refractivity contribution in [2.45, 2.75) is 109 Å². The topological polar surface area (TPSA) is 99.5 Å². The lowest BCUT2D eigenvalue weighted by Gasteiger charge is -2.61. The van der Waals surface area contributed by atoms with Gasteiger partial charge in [0.1, 0.15) is 17.3 Å². The fourth-order valence-electron chi connectivity index (χ4n) is 8.98. The third kappa shape index (κ3) is 3.39. The molecule has 0 bridgehead atoms. The normalized spacial score (nSPS) is 49.1. The van der Waals surface area contributed by atoms with Crippen molar-refractivity contribution >= 4 is 5.97 Å². The number of carbonyl (C=O) groups is 1. The molecule has 5 aliphatic rings. The number of ether oxygens (including phenoxy) is 2. The van der Waals surface area contributed by atoms with Gasteiger partial charge >= 0.3 is 5.97 Å². The predicted molar refractivity (Wildman–Crippen MR) is 132 cm³/mol. The molecule has 6 nitrogen and oxygen atoms in total. The molecule has 1 spiro atoms. The van der Waals surface area contributed by atoms with Gasteiger partial charge in [0.2, 0.25) is 0 Å². The second-order valence-corrected chi connectivity index (χ2v) is 12.9. The molecule has 4 aliphatic carbocycles. The highest BCUT2D eigenvalue weighted by atomic mass is 16.6. The summed E-state index contributed by atoms with van der Waals surface area (Å²) in [4.78, 5) is 12.1. The maximum absolute atomic E-state index is 12.1. The van der Waals surface area contributed by atoms with E-state index in [-0.39, 0.29) is 30.5 Å². The number of allylic oxidation sites excluding steroid dienone is 2. The van der Waals surface area contributed by atoms with E-state index in [4.69, 9.17) is 9.47 Å². The summed E-state index contributed by atoms with van der Waals surface area (Å²) in [5.41, 5.74) is -2.13. The van der Waals surface area contributed by atoms with Crippen LogP contribution in [0.25, 0.3) is 0 Å². The van der Waals surface area contributed by atoms with Crippen LogP contribution in [0.15, 0.2) is 23.8 Å². The molecule has 4 fully saturated rings. The zero-order chi connectivity index (χ0) is 25.4. The van der Waals surface area contributed by atoms with Gasteiger partial charge in [0, 0.05) is 13.3 Å². The Bertz CT molecular complexity index is 926. The quantitative estimate of drug-likeness (QED) is 0.298. The summed E-state index contributed by atoms with van der Waals surface area (Å²) in [6.45, 7) is 10.3. The van der Waals surface area contributed by atoms with Crippen molar-refractivity contribution in [3.05, 3.63) is 23.8 Å². The summed E-state index contributed by atoms with van der Waals surface area (Å²) >= 11 is 0. The van der Waals surface area contributed by atoms with Crippen molar-refractivity contribution in [2.75, 3.05) is 6.61 Å². The van der Waals surface area contributed by atoms with E-state index in [0.29, 0.717) is 30.6 Å². The van der Waals surface area contributed by atoms with Gasteiger partial charge in [-0.05, 0) is 79.3 Å². The maximum Gasteiger partial charge on any atom is 0.303 e. The number of rotatable bonds is 6. The lowest BCUT2D eigenvalue weighted by Crippen LogP contribution is -2.72. The monoisotopic (exact) mass is 488 g/mol. The summed E-state index contributed by atoms with van der Waals surface area (Å²) in [7, 11) is 0. The Balaban J connectivity index is 1.55. The summed E-state index contributed by atoms with van der Waals surface area (Å²) < 4.78 is 12.3. The number of epoxide rings is 1. The lowest BCUT2D eigenvalue weighted by molar-refractivity contribution is -0.237. The second-order valence-electron chi connectivity index (χ2n) is 12.9. The second kappa shape index (κ2) is 8.41. The van der Waals surface area contributed by atoms with Crippen LogP contribution < -0.4 is 0 Å². The molecule has 0 aromatic rings.